The predicted octanol–water partition coefficient (Wildman–Crippen LogP) is 4.96. The molecule has 1 amide bonds. The minimum Gasteiger partial charge on any atom is -0.349 e. The van der Waals surface area contributed by atoms with Crippen LogP contribution in [0.25, 0.3) is 10.4 Å². The summed E-state index contributed by atoms with van der Waals surface area (Å²) in [6.07, 6.45) is 9.20. The molecule has 0 radical (unpaired) electrons. The fraction of sp³-hybridized carbons (Fsp3) is 0.333. The van der Waals surface area contributed by atoms with E-state index in [-0.39, 0.29) is 18.2 Å². The molecule has 0 unspecified atom stereocenters. The molecule has 2 rings (SSSR count). The molecule has 1 aliphatic heterocycles. The Morgan fingerprint density at radius 3 is 2.60 bits per heavy atom. The van der Waals surface area contributed by atoms with Gasteiger partial charge in [0.2, 0.25) is 5.91 Å². The fourth-order valence-electron chi connectivity index (χ4n) is 3.36. The van der Waals surface area contributed by atoms with Crippen molar-refractivity contribution in [1.29, 1.82) is 5.41 Å². The van der Waals surface area contributed by atoms with Gasteiger partial charge >= 0.3 is 0 Å². The third kappa shape index (κ3) is 5.12. The highest BCUT2D eigenvalue weighted by Gasteiger charge is 2.47. The van der Waals surface area contributed by atoms with Gasteiger partial charge in [-0.1, -0.05) is 66.3 Å². The molecule has 30 heavy (non-hydrogen) atoms. The molecule has 1 heterocycles. The average Bonchev–Trinajstić information content (AvgIpc) is 2.67. The smallest absolute Gasteiger partial charge is 0.270 e. The summed E-state index contributed by atoms with van der Waals surface area (Å²) < 4.78 is 27.2. The number of carbonyl (C=O) groups is 1. The molecule has 1 aromatic carbocycles. The number of nitrogens with zero attached hydrogens (tertiary/aromatic N) is 4. The third-order valence-corrected chi connectivity index (χ3v) is 4.88. The maximum absolute atomic E-state index is 13.6. The van der Waals surface area contributed by atoms with Crippen LogP contribution in [0.3, 0.4) is 0 Å². The van der Waals surface area contributed by atoms with Gasteiger partial charge in [-0.2, -0.15) is 0 Å². The number of alkyl halides is 2. The fourth-order valence-corrected chi connectivity index (χ4v) is 3.36. The molecular weight excluding hydrogens is 390 g/mol. The number of guanidine groups is 1. The summed E-state index contributed by atoms with van der Waals surface area (Å²) in [6, 6.07) is 5.58. The van der Waals surface area contributed by atoms with Crippen LogP contribution >= 0.6 is 0 Å². The summed E-state index contributed by atoms with van der Waals surface area (Å²) >= 11 is 0. The molecule has 158 valence electrons. The zero-order valence-electron chi connectivity index (χ0n) is 16.8. The van der Waals surface area contributed by atoms with Gasteiger partial charge in [-0.25, -0.2) is 8.78 Å². The molecule has 0 bridgehead atoms. The van der Waals surface area contributed by atoms with Crippen molar-refractivity contribution in [3.63, 3.8) is 0 Å². The highest BCUT2D eigenvalue weighted by Crippen LogP contribution is 2.37. The molecule has 1 aromatic rings. The lowest BCUT2D eigenvalue weighted by atomic mass is 9.75. The van der Waals surface area contributed by atoms with Crippen molar-refractivity contribution in [2.75, 3.05) is 6.67 Å². The van der Waals surface area contributed by atoms with Crippen LogP contribution in [0.1, 0.15) is 37.3 Å². The quantitative estimate of drug-likeness (QED) is 0.271. The van der Waals surface area contributed by atoms with E-state index in [2.05, 4.69) is 21.9 Å². The molecule has 1 aliphatic rings. The normalized spacial score (nSPS) is 22.3. The van der Waals surface area contributed by atoms with Crippen molar-refractivity contribution in [2.45, 2.75) is 37.6 Å². The van der Waals surface area contributed by atoms with Gasteiger partial charge in [-0.3, -0.25) is 15.1 Å². The van der Waals surface area contributed by atoms with Crippen LogP contribution in [0.2, 0.25) is 0 Å². The number of allylic oxidation sites excluding steroid dienone is 4. The number of halogens is 2. The molecule has 9 heteroatoms. The second-order valence-corrected chi connectivity index (χ2v) is 7.23. The Morgan fingerprint density at radius 1 is 1.37 bits per heavy atom. The number of hydrogen-bond donors (Lipinski definition) is 2. The molecule has 0 spiro atoms. The lowest BCUT2D eigenvalue weighted by Crippen LogP contribution is -2.65. The molecule has 1 saturated heterocycles. The first-order chi connectivity index (χ1) is 14.1. The van der Waals surface area contributed by atoms with Gasteiger partial charge in [-0.15, -0.1) is 0 Å². The van der Waals surface area contributed by atoms with E-state index >= 15 is 0 Å². The molecular formula is C21H24F2N6O. The van der Waals surface area contributed by atoms with E-state index in [1.807, 2.05) is 6.08 Å². The second-order valence-electron chi connectivity index (χ2n) is 7.23. The number of hydrogen-bond acceptors (Lipinski definition) is 3. The van der Waals surface area contributed by atoms with Gasteiger partial charge in [0.25, 0.3) is 5.92 Å². The largest absolute Gasteiger partial charge is 0.349 e. The molecule has 0 aromatic heterocycles. The lowest BCUT2D eigenvalue weighted by molar-refractivity contribution is -0.132. The molecule has 2 atom stereocenters. The Balaban J connectivity index is 2.45. The zero-order chi connectivity index (χ0) is 22.4. The SMILES string of the molecule is C=C/C=C\C=C/C[C@@]1(C)NC(=N)N(CN=[N+]=[N-])C(=O)[C@@H]1c1ccc(C(C)(F)F)cc1. The van der Waals surface area contributed by atoms with Gasteiger partial charge in [-0.05, 0) is 24.4 Å². The minimum absolute atomic E-state index is 0.155. The maximum Gasteiger partial charge on any atom is 0.270 e. The van der Waals surface area contributed by atoms with Crippen LogP contribution < -0.4 is 5.32 Å². The van der Waals surface area contributed by atoms with E-state index in [0.717, 1.165) is 11.8 Å². The summed E-state index contributed by atoms with van der Waals surface area (Å²) in [6.45, 7) is 5.85. The molecule has 0 aliphatic carbocycles. The molecule has 1 fully saturated rings. The molecule has 0 saturated carbocycles. The van der Waals surface area contributed by atoms with Crippen molar-refractivity contribution < 1.29 is 13.6 Å². The maximum atomic E-state index is 13.6. The van der Waals surface area contributed by atoms with E-state index < -0.39 is 23.3 Å². The van der Waals surface area contributed by atoms with E-state index in [9.17, 15) is 13.6 Å². The Morgan fingerprint density at radius 2 is 2.03 bits per heavy atom. The first-order valence-electron chi connectivity index (χ1n) is 9.25. The van der Waals surface area contributed by atoms with Crippen molar-refractivity contribution >= 4 is 11.9 Å². The van der Waals surface area contributed by atoms with Crippen LogP contribution in [0, 0.1) is 5.41 Å². The van der Waals surface area contributed by atoms with E-state index in [4.69, 9.17) is 10.9 Å². The summed E-state index contributed by atoms with van der Waals surface area (Å²) in [5, 5.41) is 14.6. The number of amides is 1. The van der Waals surface area contributed by atoms with Crippen molar-refractivity contribution in [1.82, 2.24) is 10.2 Å². The van der Waals surface area contributed by atoms with E-state index in [1.54, 1.807) is 31.2 Å². The number of nitrogens with one attached hydrogen (secondary N) is 2. The van der Waals surface area contributed by atoms with Crippen LogP contribution in [0.5, 0.6) is 0 Å². The van der Waals surface area contributed by atoms with Crippen molar-refractivity contribution in [3.8, 4) is 0 Å². The lowest BCUT2D eigenvalue weighted by Gasteiger charge is -2.46. The Kier molecular flexibility index (Phi) is 7.13. The zero-order valence-corrected chi connectivity index (χ0v) is 16.8. The average molecular weight is 414 g/mol. The molecule has 2 N–H and O–H groups in total. The van der Waals surface area contributed by atoms with Gasteiger partial charge in [0.1, 0.15) is 6.67 Å². The predicted molar refractivity (Wildman–Crippen MR) is 112 cm³/mol. The second kappa shape index (κ2) is 9.37. The summed E-state index contributed by atoms with van der Waals surface area (Å²) in [5.41, 5.74) is 8.06. The van der Waals surface area contributed by atoms with Crippen LogP contribution in [0.15, 0.2) is 66.3 Å². The first-order valence-corrected chi connectivity index (χ1v) is 9.25. The van der Waals surface area contributed by atoms with Gasteiger partial charge in [0.05, 0.1) is 11.5 Å². The monoisotopic (exact) mass is 414 g/mol. The summed E-state index contributed by atoms with van der Waals surface area (Å²) in [5.74, 6) is -4.40. The van der Waals surface area contributed by atoms with Gasteiger partial charge < -0.3 is 5.32 Å². The van der Waals surface area contributed by atoms with Crippen LogP contribution in [-0.4, -0.2) is 29.0 Å². The van der Waals surface area contributed by atoms with Crippen LogP contribution in [-0.2, 0) is 10.7 Å². The highest BCUT2D eigenvalue weighted by molar-refractivity contribution is 6.02. The summed E-state index contributed by atoms with van der Waals surface area (Å²) in [4.78, 5) is 16.9. The topological polar surface area (TPSA) is 105 Å². The van der Waals surface area contributed by atoms with Crippen LogP contribution in [0.4, 0.5) is 8.78 Å². The standard InChI is InChI=1S/C21H24F2N6O/c1-4-5-6-7-8-13-20(2)17(15-9-11-16(12-10-15)21(3,22)23)18(30)29(14-26-28-25)19(24)27-20/h4-12,17H,1,13-14H2,2-3H3,(H2,24,27)/b6-5-,8-7-/t17-,20+/m0/s1. The minimum atomic E-state index is -2.99. The van der Waals surface area contributed by atoms with Gasteiger partial charge in [0, 0.05) is 17.4 Å². The van der Waals surface area contributed by atoms with Gasteiger partial charge in [0.15, 0.2) is 5.96 Å². The Labute approximate surface area is 173 Å². The Bertz CT molecular complexity index is 912. The first kappa shape index (κ1) is 22.8. The number of carbonyl (C=O) groups excluding carboxylic acids is 1. The summed E-state index contributed by atoms with van der Waals surface area (Å²) in [7, 11) is 0. The number of benzene rings is 1. The number of azide groups is 1. The van der Waals surface area contributed by atoms with E-state index in [1.165, 1.54) is 24.3 Å². The highest BCUT2D eigenvalue weighted by atomic mass is 19.3. The molecule has 7 nitrogen and oxygen atoms in total. The third-order valence-electron chi connectivity index (χ3n) is 4.88. The number of rotatable bonds is 8. The van der Waals surface area contributed by atoms with Crippen molar-refractivity contribution in [2.24, 2.45) is 5.11 Å². The van der Waals surface area contributed by atoms with E-state index in [0.29, 0.717) is 12.0 Å². The Hall–Kier alpha value is -3.45. The van der Waals surface area contributed by atoms with Crippen molar-refractivity contribution in [3.05, 3.63) is 82.8 Å².